The van der Waals surface area contributed by atoms with Crippen molar-refractivity contribution in [3.63, 3.8) is 0 Å². The lowest BCUT2D eigenvalue weighted by Gasteiger charge is -2.33. The number of phenols is 1. The van der Waals surface area contributed by atoms with Crippen molar-refractivity contribution in [3.05, 3.63) is 77.4 Å². The van der Waals surface area contributed by atoms with Gasteiger partial charge in [-0.2, -0.15) is 0 Å². The molecule has 1 atom stereocenters. The van der Waals surface area contributed by atoms with E-state index in [2.05, 4.69) is 69.3 Å². The van der Waals surface area contributed by atoms with Crippen LogP contribution in [0.3, 0.4) is 0 Å². The second-order valence-electron chi connectivity index (χ2n) is 9.68. The van der Waals surface area contributed by atoms with Crippen LogP contribution in [0.15, 0.2) is 60.7 Å². The van der Waals surface area contributed by atoms with Crippen LogP contribution in [0.4, 0.5) is 0 Å². The number of unbranched alkanes of at least 4 members (excludes halogenated alkanes) is 5. The number of benzene rings is 3. The molecule has 32 heavy (non-hydrogen) atoms. The Morgan fingerprint density at radius 3 is 2.12 bits per heavy atom. The van der Waals surface area contributed by atoms with Gasteiger partial charge in [0, 0.05) is 11.0 Å². The van der Waals surface area contributed by atoms with Crippen LogP contribution in [-0.4, -0.2) is 5.11 Å². The van der Waals surface area contributed by atoms with E-state index in [0.717, 1.165) is 11.1 Å². The van der Waals surface area contributed by atoms with Gasteiger partial charge in [0.05, 0.1) is 0 Å². The van der Waals surface area contributed by atoms with E-state index in [9.17, 15) is 5.11 Å². The molecule has 4 rings (SSSR count). The Morgan fingerprint density at radius 1 is 0.656 bits per heavy atom. The largest absolute Gasteiger partial charge is 0.507 e. The topological polar surface area (TPSA) is 20.2 Å². The summed E-state index contributed by atoms with van der Waals surface area (Å²) in [5.41, 5.74) is 9.14. The zero-order valence-electron chi connectivity index (χ0n) is 20.1. The number of hydrogen-bond acceptors (Lipinski definition) is 1. The van der Waals surface area contributed by atoms with Crippen molar-refractivity contribution in [2.24, 2.45) is 0 Å². The first-order valence-electron chi connectivity index (χ1n) is 12.6. The third-order valence-corrected chi connectivity index (χ3v) is 7.40. The summed E-state index contributed by atoms with van der Waals surface area (Å²) in [6.07, 6.45) is 11.4. The van der Waals surface area contributed by atoms with E-state index < -0.39 is 0 Å². The van der Waals surface area contributed by atoms with Gasteiger partial charge in [0.2, 0.25) is 0 Å². The summed E-state index contributed by atoms with van der Waals surface area (Å²) >= 11 is 0. The predicted molar refractivity (Wildman–Crippen MR) is 137 cm³/mol. The molecule has 1 nitrogen and oxygen atoms in total. The number of aromatic hydroxyl groups is 1. The van der Waals surface area contributed by atoms with E-state index in [1.807, 2.05) is 12.1 Å². The van der Waals surface area contributed by atoms with E-state index in [-0.39, 0.29) is 5.41 Å². The lowest BCUT2D eigenvalue weighted by molar-refractivity contribution is 0.403. The molecule has 1 aliphatic rings. The van der Waals surface area contributed by atoms with Crippen LogP contribution in [-0.2, 0) is 5.41 Å². The Labute approximate surface area is 194 Å². The number of fused-ring (bicyclic) bond motifs is 3. The second-order valence-corrected chi connectivity index (χ2v) is 9.68. The van der Waals surface area contributed by atoms with Crippen LogP contribution in [0, 0.1) is 6.92 Å². The Hall–Kier alpha value is -2.54. The van der Waals surface area contributed by atoms with E-state index in [1.54, 1.807) is 0 Å². The first-order valence-corrected chi connectivity index (χ1v) is 12.6. The summed E-state index contributed by atoms with van der Waals surface area (Å²) in [5, 5.41) is 10.6. The highest BCUT2D eigenvalue weighted by Crippen LogP contribution is 2.55. The lowest BCUT2D eigenvalue weighted by Crippen LogP contribution is -2.25. The smallest absolute Gasteiger partial charge is 0.123 e. The van der Waals surface area contributed by atoms with Crippen molar-refractivity contribution in [2.75, 3.05) is 0 Å². The summed E-state index contributed by atoms with van der Waals surface area (Å²) in [4.78, 5) is 0. The lowest BCUT2D eigenvalue weighted by atomic mass is 9.70. The summed E-state index contributed by atoms with van der Waals surface area (Å²) in [6, 6.07) is 21.9. The van der Waals surface area contributed by atoms with Crippen LogP contribution < -0.4 is 0 Å². The van der Waals surface area contributed by atoms with Gasteiger partial charge < -0.3 is 5.11 Å². The molecule has 168 valence electrons. The molecule has 0 spiro atoms. The zero-order valence-corrected chi connectivity index (χ0v) is 20.1. The number of phenolic OH excluding ortho intramolecular Hbond substituents is 1. The summed E-state index contributed by atoms with van der Waals surface area (Å²) in [5.74, 6) is 0.366. The standard InChI is InChI=1S/C31H38O/c1-4-6-8-12-20-31(19-11-7-5-2)28-14-10-9-13-25(28)26-17-16-24(22-29(26)31)27-21-23(3)15-18-30(27)32/h9-10,13-18,21-22,32H,4-8,11-12,19-20H2,1-3H3. The molecular formula is C31H38O. The molecule has 0 bridgehead atoms. The third kappa shape index (κ3) is 4.22. The van der Waals surface area contributed by atoms with Gasteiger partial charge in [0.25, 0.3) is 0 Å². The maximum atomic E-state index is 10.6. The van der Waals surface area contributed by atoms with Crippen LogP contribution in [0.2, 0.25) is 0 Å². The third-order valence-electron chi connectivity index (χ3n) is 7.40. The van der Waals surface area contributed by atoms with Gasteiger partial charge in [-0.25, -0.2) is 0 Å². The van der Waals surface area contributed by atoms with Gasteiger partial charge >= 0.3 is 0 Å². The average molecular weight is 427 g/mol. The van der Waals surface area contributed by atoms with Gasteiger partial charge in [0.1, 0.15) is 5.75 Å². The quantitative estimate of drug-likeness (QED) is 0.320. The molecule has 1 N–H and O–H groups in total. The molecule has 3 aromatic carbocycles. The van der Waals surface area contributed by atoms with Gasteiger partial charge in [-0.15, -0.1) is 0 Å². The van der Waals surface area contributed by atoms with Crippen molar-refractivity contribution >= 4 is 0 Å². The Bertz CT molecular complexity index is 1060. The predicted octanol–water partition coefficient (Wildman–Crippen LogP) is 9.18. The fourth-order valence-corrected chi connectivity index (χ4v) is 5.70. The Kier molecular flexibility index (Phi) is 7.04. The van der Waals surface area contributed by atoms with E-state index in [0.29, 0.717) is 5.75 Å². The summed E-state index contributed by atoms with van der Waals surface area (Å²) in [6.45, 7) is 6.68. The molecule has 0 aromatic heterocycles. The number of rotatable bonds is 10. The average Bonchev–Trinajstić information content (AvgIpc) is 3.08. The molecule has 1 aliphatic carbocycles. The fraction of sp³-hybridized carbons (Fsp3) is 0.419. The fourth-order valence-electron chi connectivity index (χ4n) is 5.70. The van der Waals surface area contributed by atoms with E-state index >= 15 is 0 Å². The van der Waals surface area contributed by atoms with Crippen molar-refractivity contribution in [1.29, 1.82) is 0 Å². The van der Waals surface area contributed by atoms with Crippen LogP contribution in [0.1, 0.15) is 88.3 Å². The van der Waals surface area contributed by atoms with E-state index in [1.165, 1.54) is 85.6 Å². The van der Waals surface area contributed by atoms with Crippen LogP contribution in [0.5, 0.6) is 5.75 Å². The van der Waals surface area contributed by atoms with Gasteiger partial charge in [-0.3, -0.25) is 0 Å². The molecule has 0 saturated carbocycles. The molecule has 0 fully saturated rings. The zero-order chi connectivity index (χ0) is 22.6. The molecule has 0 aliphatic heterocycles. The van der Waals surface area contributed by atoms with Crippen molar-refractivity contribution in [1.82, 2.24) is 0 Å². The maximum absolute atomic E-state index is 10.6. The molecule has 1 heteroatoms. The van der Waals surface area contributed by atoms with Gasteiger partial charge in [-0.1, -0.05) is 107 Å². The Morgan fingerprint density at radius 2 is 1.34 bits per heavy atom. The van der Waals surface area contributed by atoms with Crippen molar-refractivity contribution in [2.45, 2.75) is 84.0 Å². The number of hydrogen-bond donors (Lipinski definition) is 1. The van der Waals surface area contributed by atoms with Crippen LogP contribution in [0.25, 0.3) is 22.3 Å². The van der Waals surface area contributed by atoms with Crippen LogP contribution >= 0.6 is 0 Å². The second kappa shape index (κ2) is 9.94. The molecule has 0 heterocycles. The van der Waals surface area contributed by atoms with E-state index in [4.69, 9.17) is 0 Å². The van der Waals surface area contributed by atoms with Crippen molar-refractivity contribution in [3.8, 4) is 28.0 Å². The monoisotopic (exact) mass is 426 g/mol. The number of aryl methyl sites for hydroxylation is 1. The van der Waals surface area contributed by atoms with Gasteiger partial charge in [0.15, 0.2) is 0 Å². The molecule has 0 radical (unpaired) electrons. The maximum Gasteiger partial charge on any atom is 0.123 e. The first-order chi connectivity index (χ1) is 15.6. The Balaban J connectivity index is 1.84. The first kappa shape index (κ1) is 22.6. The van der Waals surface area contributed by atoms with Crippen molar-refractivity contribution < 1.29 is 5.11 Å². The molecule has 3 aromatic rings. The molecule has 0 amide bonds. The molecule has 1 unspecified atom stereocenters. The minimum Gasteiger partial charge on any atom is -0.507 e. The normalized spacial score (nSPS) is 16.7. The highest BCUT2D eigenvalue weighted by Gasteiger charge is 2.42. The molecule has 0 saturated heterocycles. The van der Waals surface area contributed by atoms with Gasteiger partial charge in [-0.05, 0) is 65.8 Å². The highest BCUT2D eigenvalue weighted by atomic mass is 16.3. The highest BCUT2D eigenvalue weighted by molar-refractivity contribution is 5.84. The minimum atomic E-state index is 0.0876. The summed E-state index contributed by atoms with van der Waals surface area (Å²) < 4.78 is 0. The summed E-state index contributed by atoms with van der Waals surface area (Å²) in [7, 11) is 0. The molecular weight excluding hydrogens is 388 g/mol. The minimum absolute atomic E-state index is 0.0876. The SMILES string of the molecule is CCCCCCC1(CCCCC)c2ccccc2-c2ccc(-c3cc(C)ccc3O)cc21.